The molecule has 0 spiro atoms. The van der Waals surface area contributed by atoms with E-state index in [1.165, 1.54) is 13.8 Å². The van der Waals surface area contributed by atoms with Crippen molar-refractivity contribution in [3.05, 3.63) is 0 Å². The van der Waals surface area contributed by atoms with Crippen LogP contribution >= 0.6 is 0 Å². The minimum Gasteiger partial charge on any atom is -0.394 e. The van der Waals surface area contributed by atoms with E-state index in [1.807, 2.05) is 0 Å². The van der Waals surface area contributed by atoms with Crippen LogP contribution in [0.2, 0.25) is 0 Å². The van der Waals surface area contributed by atoms with Crippen molar-refractivity contribution in [3.8, 4) is 0 Å². The van der Waals surface area contributed by atoms with E-state index in [0.29, 0.717) is 26.4 Å². The van der Waals surface area contributed by atoms with Crippen LogP contribution in [-0.2, 0) is 14.3 Å². The molecule has 0 saturated carbocycles. The number of aliphatic hydroxyl groups is 2. The number of ether oxygens (including phenoxy) is 2. The van der Waals surface area contributed by atoms with Crippen LogP contribution in [-0.4, -0.2) is 55.6 Å². The number of hydrogen-bond acceptors (Lipinski definition) is 5. The molecule has 0 aromatic carbocycles. The highest BCUT2D eigenvalue weighted by Crippen LogP contribution is 1.76. The number of hydrogen-bond donors (Lipinski definition) is 2. The van der Waals surface area contributed by atoms with E-state index < -0.39 is 0 Å². The number of carbonyl (C=O) groups is 1. The van der Waals surface area contributed by atoms with Crippen LogP contribution in [0.1, 0.15) is 13.8 Å². The van der Waals surface area contributed by atoms with Crippen LogP contribution in [0.15, 0.2) is 0 Å². The predicted molar refractivity (Wildman–Crippen MR) is 52.2 cm³/mol. The fourth-order valence-electron chi connectivity index (χ4n) is 0.451. The van der Waals surface area contributed by atoms with Crippen LogP contribution in [0, 0.1) is 0 Å². The molecule has 0 aromatic rings. The summed E-state index contributed by atoms with van der Waals surface area (Å²) in [6.07, 6.45) is 0. The van der Waals surface area contributed by atoms with Gasteiger partial charge in [-0.3, -0.25) is 0 Å². The van der Waals surface area contributed by atoms with Crippen molar-refractivity contribution < 1.29 is 24.5 Å². The van der Waals surface area contributed by atoms with Crippen molar-refractivity contribution in [1.82, 2.24) is 0 Å². The van der Waals surface area contributed by atoms with Gasteiger partial charge in [-0.2, -0.15) is 0 Å². The van der Waals surface area contributed by atoms with Gasteiger partial charge in [0.2, 0.25) is 0 Å². The van der Waals surface area contributed by atoms with Gasteiger partial charge < -0.3 is 24.5 Å². The van der Waals surface area contributed by atoms with Crippen molar-refractivity contribution in [1.29, 1.82) is 0 Å². The summed E-state index contributed by atoms with van der Waals surface area (Å²) in [6.45, 7) is 4.78. The summed E-state index contributed by atoms with van der Waals surface area (Å²) in [7, 11) is 0. The Hall–Kier alpha value is -0.490. The fourth-order valence-corrected chi connectivity index (χ4v) is 0.451. The molecule has 0 aliphatic carbocycles. The molecule has 0 amide bonds. The van der Waals surface area contributed by atoms with Crippen molar-refractivity contribution in [2.24, 2.45) is 0 Å². The molecule has 5 nitrogen and oxygen atoms in total. The Balaban J connectivity index is 0. The first-order chi connectivity index (χ1) is 6.65. The maximum absolute atomic E-state index is 9.44. The van der Waals surface area contributed by atoms with E-state index in [0.717, 1.165) is 0 Å². The van der Waals surface area contributed by atoms with Gasteiger partial charge in [0.15, 0.2) is 0 Å². The molecule has 0 aromatic heterocycles. The predicted octanol–water partition coefficient (Wildman–Crippen LogP) is -0.401. The first-order valence-electron chi connectivity index (χ1n) is 4.49. The fraction of sp³-hybridized carbons (Fsp3) is 0.889. The highest BCUT2D eigenvalue weighted by atomic mass is 16.5. The molecule has 0 heterocycles. The van der Waals surface area contributed by atoms with Gasteiger partial charge in [0.05, 0.1) is 39.6 Å². The Morgan fingerprint density at radius 1 is 0.929 bits per heavy atom. The van der Waals surface area contributed by atoms with Crippen molar-refractivity contribution in [2.45, 2.75) is 13.8 Å². The summed E-state index contributed by atoms with van der Waals surface area (Å²) < 4.78 is 9.75. The third kappa shape index (κ3) is 30.0. The number of aliphatic hydroxyl groups excluding tert-OH is 2. The Morgan fingerprint density at radius 2 is 1.21 bits per heavy atom. The van der Waals surface area contributed by atoms with Gasteiger partial charge in [0, 0.05) is 0 Å². The normalized spacial score (nSPS) is 9.14. The zero-order chi connectivity index (χ0) is 11.2. The summed E-state index contributed by atoms with van der Waals surface area (Å²) in [5.74, 6) is 0.167. The number of carbonyl (C=O) groups excluding carboxylic acids is 1. The molecule has 0 bridgehead atoms. The summed E-state index contributed by atoms with van der Waals surface area (Å²) in [5, 5.41) is 16.5. The van der Waals surface area contributed by atoms with Crippen LogP contribution in [0.25, 0.3) is 0 Å². The van der Waals surface area contributed by atoms with E-state index in [-0.39, 0.29) is 19.0 Å². The lowest BCUT2D eigenvalue weighted by molar-refractivity contribution is -0.114. The van der Waals surface area contributed by atoms with Gasteiger partial charge in [-0.05, 0) is 13.8 Å². The Bertz CT molecular complexity index is 104. The second-order valence-electron chi connectivity index (χ2n) is 2.58. The lowest BCUT2D eigenvalue weighted by Gasteiger charge is -2.01. The summed E-state index contributed by atoms with van der Waals surface area (Å²) in [6, 6.07) is 0. The van der Waals surface area contributed by atoms with Crippen LogP contribution in [0.4, 0.5) is 0 Å². The number of Topliss-reactive ketones (excluding diaryl/α,β-unsaturated/α-hetero) is 1. The van der Waals surface area contributed by atoms with Gasteiger partial charge in [-0.15, -0.1) is 0 Å². The van der Waals surface area contributed by atoms with Crippen LogP contribution in [0.3, 0.4) is 0 Å². The zero-order valence-corrected chi connectivity index (χ0v) is 8.86. The minimum absolute atomic E-state index is 0.0417. The van der Waals surface area contributed by atoms with Gasteiger partial charge in [0.25, 0.3) is 0 Å². The summed E-state index contributed by atoms with van der Waals surface area (Å²) in [5.41, 5.74) is 0. The summed E-state index contributed by atoms with van der Waals surface area (Å²) in [4.78, 5) is 9.44. The quantitative estimate of drug-likeness (QED) is 0.557. The average molecular weight is 208 g/mol. The lowest BCUT2D eigenvalue weighted by atomic mass is 10.6. The van der Waals surface area contributed by atoms with E-state index in [1.54, 1.807) is 0 Å². The topological polar surface area (TPSA) is 76.0 Å². The Morgan fingerprint density at radius 3 is 1.43 bits per heavy atom. The highest BCUT2D eigenvalue weighted by molar-refractivity contribution is 5.72. The van der Waals surface area contributed by atoms with Crippen LogP contribution in [0.5, 0.6) is 0 Å². The van der Waals surface area contributed by atoms with Crippen molar-refractivity contribution >= 4 is 5.78 Å². The molecule has 14 heavy (non-hydrogen) atoms. The van der Waals surface area contributed by atoms with E-state index in [2.05, 4.69) is 0 Å². The number of rotatable bonds is 7. The Kier molecular flexibility index (Phi) is 17.1. The molecular weight excluding hydrogens is 188 g/mol. The van der Waals surface area contributed by atoms with E-state index in [4.69, 9.17) is 19.7 Å². The molecule has 0 aliphatic rings. The smallest absolute Gasteiger partial charge is 0.126 e. The van der Waals surface area contributed by atoms with Gasteiger partial charge >= 0.3 is 0 Å². The molecule has 86 valence electrons. The first kappa shape index (κ1) is 16.0. The molecule has 0 rings (SSSR count). The second kappa shape index (κ2) is 15.0. The molecule has 0 radical (unpaired) electrons. The SMILES string of the molecule is CC(C)=O.OCCOCCOCCO. The monoisotopic (exact) mass is 208 g/mol. The molecule has 0 fully saturated rings. The lowest BCUT2D eigenvalue weighted by Crippen LogP contribution is -2.09. The molecule has 0 aliphatic heterocycles. The molecule has 0 atom stereocenters. The molecule has 5 heteroatoms. The van der Waals surface area contributed by atoms with Gasteiger partial charge in [-0.25, -0.2) is 0 Å². The number of ketones is 1. The van der Waals surface area contributed by atoms with Crippen molar-refractivity contribution in [2.75, 3.05) is 39.6 Å². The zero-order valence-electron chi connectivity index (χ0n) is 8.86. The summed E-state index contributed by atoms with van der Waals surface area (Å²) >= 11 is 0. The largest absolute Gasteiger partial charge is 0.394 e. The molecule has 2 N–H and O–H groups in total. The van der Waals surface area contributed by atoms with Gasteiger partial charge in [0.1, 0.15) is 5.78 Å². The maximum atomic E-state index is 9.44. The first-order valence-corrected chi connectivity index (χ1v) is 4.49. The highest BCUT2D eigenvalue weighted by Gasteiger charge is 1.86. The van der Waals surface area contributed by atoms with E-state index in [9.17, 15) is 4.79 Å². The third-order valence-corrected chi connectivity index (χ3v) is 0.843. The molecular formula is C9H20O5. The third-order valence-electron chi connectivity index (χ3n) is 0.843. The van der Waals surface area contributed by atoms with Gasteiger partial charge in [-0.1, -0.05) is 0 Å². The Labute approximate surface area is 84.6 Å². The minimum atomic E-state index is 0.0417. The van der Waals surface area contributed by atoms with Crippen molar-refractivity contribution in [3.63, 3.8) is 0 Å². The van der Waals surface area contributed by atoms with Crippen LogP contribution < -0.4 is 0 Å². The maximum Gasteiger partial charge on any atom is 0.126 e. The standard InChI is InChI=1S/C6H14O4.C3H6O/c7-1-3-9-5-6-10-4-2-8;1-3(2)4/h7-8H,1-6H2;1-2H3. The van der Waals surface area contributed by atoms with E-state index >= 15 is 0 Å². The molecule has 0 unspecified atom stereocenters. The average Bonchev–Trinajstić information content (AvgIpc) is 2.10. The second-order valence-corrected chi connectivity index (χ2v) is 2.58. The molecule has 0 saturated heterocycles.